The first-order chi connectivity index (χ1) is 8.70. The maximum atomic E-state index is 5.25. The van der Waals surface area contributed by atoms with Crippen molar-refractivity contribution >= 4 is 0 Å². The molecule has 0 amide bonds. The maximum Gasteiger partial charge on any atom is 0.119 e. The van der Waals surface area contributed by atoms with Gasteiger partial charge in [-0.1, -0.05) is 18.6 Å². The summed E-state index contributed by atoms with van der Waals surface area (Å²) in [6.45, 7) is 5.47. The van der Waals surface area contributed by atoms with Gasteiger partial charge in [0.15, 0.2) is 0 Å². The van der Waals surface area contributed by atoms with Crippen molar-refractivity contribution in [1.29, 1.82) is 0 Å². The third-order valence-electron chi connectivity index (χ3n) is 3.79. The van der Waals surface area contributed by atoms with Gasteiger partial charge in [-0.05, 0) is 44.4 Å². The Morgan fingerprint density at radius 2 is 2.00 bits per heavy atom. The molecule has 1 N–H and O–H groups in total. The van der Waals surface area contributed by atoms with E-state index >= 15 is 0 Å². The van der Waals surface area contributed by atoms with Crippen LogP contribution in [0.25, 0.3) is 0 Å². The van der Waals surface area contributed by atoms with Crippen molar-refractivity contribution in [2.75, 3.05) is 7.11 Å². The summed E-state index contributed by atoms with van der Waals surface area (Å²) >= 11 is 0. The number of rotatable bonds is 4. The Balaban J connectivity index is 1.93. The molecule has 1 saturated heterocycles. The Morgan fingerprint density at radius 1 is 1.28 bits per heavy atom. The van der Waals surface area contributed by atoms with Crippen molar-refractivity contribution in [1.82, 2.24) is 10.4 Å². The number of methoxy groups -OCH3 is 1. The van der Waals surface area contributed by atoms with Crippen molar-refractivity contribution in [2.45, 2.75) is 51.7 Å². The first-order valence-electron chi connectivity index (χ1n) is 6.85. The predicted molar refractivity (Wildman–Crippen MR) is 74.4 cm³/mol. The van der Waals surface area contributed by atoms with Crippen LogP contribution in [0.2, 0.25) is 0 Å². The van der Waals surface area contributed by atoms with E-state index in [1.54, 1.807) is 7.11 Å². The highest BCUT2D eigenvalue weighted by molar-refractivity contribution is 5.28. The number of nitrogens with one attached hydrogen (secondary N) is 1. The zero-order chi connectivity index (χ0) is 13.0. The quantitative estimate of drug-likeness (QED) is 0.886. The van der Waals surface area contributed by atoms with E-state index in [0.717, 1.165) is 12.3 Å². The molecule has 1 aromatic rings. The Morgan fingerprint density at radius 3 is 2.67 bits per heavy atom. The fraction of sp³-hybridized carbons (Fsp3) is 0.600. The third-order valence-corrected chi connectivity index (χ3v) is 3.79. The molecule has 3 heteroatoms. The highest BCUT2D eigenvalue weighted by Crippen LogP contribution is 2.21. The largest absolute Gasteiger partial charge is 0.497 e. The SMILES string of the molecule is COc1cccc(CNN2C(C)CCCC2C)c1. The second-order valence-corrected chi connectivity index (χ2v) is 5.22. The molecule has 2 rings (SSSR count). The number of piperidine rings is 1. The summed E-state index contributed by atoms with van der Waals surface area (Å²) in [6, 6.07) is 9.49. The van der Waals surface area contributed by atoms with Gasteiger partial charge in [-0.25, -0.2) is 5.01 Å². The molecule has 0 aliphatic carbocycles. The summed E-state index contributed by atoms with van der Waals surface area (Å²) in [7, 11) is 1.71. The van der Waals surface area contributed by atoms with E-state index in [1.807, 2.05) is 12.1 Å². The lowest BCUT2D eigenvalue weighted by Crippen LogP contribution is -2.51. The van der Waals surface area contributed by atoms with E-state index < -0.39 is 0 Å². The Hall–Kier alpha value is -1.06. The molecule has 100 valence electrons. The van der Waals surface area contributed by atoms with Crippen molar-refractivity contribution in [3.63, 3.8) is 0 Å². The van der Waals surface area contributed by atoms with Crippen LogP contribution in [-0.2, 0) is 6.54 Å². The minimum Gasteiger partial charge on any atom is -0.497 e. The summed E-state index contributed by atoms with van der Waals surface area (Å²) in [5.74, 6) is 0.925. The maximum absolute atomic E-state index is 5.25. The lowest BCUT2D eigenvalue weighted by molar-refractivity contribution is 0.0435. The number of nitrogens with zero attached hydrogens (tertiary/aromatic N) is 1. The second kappa shape index (κ2) is 6.21. The minimum atomic E-state index is 0.624. The van der Waals surface area contributed by atoms with Crippen molar-refractivity contribution in [2.24, 2.45) is 0 Å². The van der Waals surface area contributed by atoms with Gasteiger partial charge in [0.25, 0.3) is 0 Å². The highest BCUT2D eigenvalue weighted by atomic mass is 16.5. The Kier molecular flexibility index (Phi) is 4.61. The summed E-state index contributed by atoms with van der Waals surface area (Å²) in [5, 5.41) is 2.41. The van der Waals surface area contributed by atoms with E-state index in [0.29, 0.717) is 12.1 Å². The molecule has 2 unspecified atom stereocenters. The van der Waals surface area contributed by atoms with E-state index in [-0.39, 0.29) is 0 Å². The van der Waals surface area contributed by atoms with Crippen LogP contribution in [0.15, 0.2) is 24.3 Å². The summed E-state index contributed by atoms with van der Waals surface area (Å²) in [6.07, 6.45) is 3.92. The molecular weight excluding hydrogens is 224 g/mol. The number of hydrogen-bond acceptors (Lipinski definition) is 3. The molecule has 2 atom stereocenters. The molecule has 0 aromatic heterocycles. The average Bonchev–Trinajstić information content (AvgIpc) is 2.38. The number of hydrogen-bond donors (Lipinski definition) is 1. The molecule has 3 nitrogen and oxygen atoms in total. The second-order valence-electron chi connectivity index (χ2n) is 5.22. The van der Waals surface area contributed by atoms with Gasteiger partial charge in [0.05, 0.1) is 7.11 Å². The van der Waals surface area contributed by atoms with Crippen molar-refractivity contribution < 1.29 is 4.74 Å². The van der Waals surface area contributed by atoms with E-state index in [9.17, 15) is 0 Å². The standard InChI is InChI=1S/C15H24N2O/c1-12-6-4-7-13(2)17(12)16-11-14-8-5-9-15(10-14)18-3/h5,8-10,12-13,16H,4,6-7,11H2,1-3H3. The van der Waals surface area contributed by atoms with Crippen LogP contribution in [0, 0.1) is 0 Å². The fourth-order valence-electron chi connectivity index (χ4n) is 2.70. The van der Waals surface area contributed by atoms with Crippen LogP contribution in [0.3, 0.4) is 0 Å². The minimum absolute atomic E-state index is 0.624. The number of hydrazine groups is 1. The number of ether oxygens (including phenoxy) is 1. The van der Waals surface area contributed by atoms with Crippen LogP contribution >= 0.6 is 0 Å². The number of benzene rings is 1. The molecule has 1 heterocycles. The molecule has 0 spiro atoms. The van der Waals surface area contributed by atoms with E-state index in [4.69, 9.17) is 4.74 Å². The predicted octanol–water partition coefficient (Wildman–Crippen LogP) is 2.96. The summed E-state index contributed by atoms with van der Waals surface area (Å²) in [5.41, 5.74) is 4.83. The lowest BCUT2D eigenvalue weighted by atomic mass is 10.00. The lowest BCUT2D eigenvalue weighted by Gasteiger charge is -2.39. The zero-order valence-electron chi connectivity index (χ0n) is 11.6. The molecular formula is C15H24N2O. The van der Waals surface area contributed by atoms with Gasteiger partial charge in [0, 0.05) is 18.6 Å². The average molecular weight is 248 g/mol. The molecule has 0 bridgehead atoms. The van der Waals surface area contributed by atoms with Gasteiger partial charge in [-0.3, -0.25) is 5.43 Å². The molecule has 1 aromatic carbocycles. The fourth-order valence-corrected chi connectivity index (χ4v) is 2.70. The molecule has 1 fully saturated rings. The Labute approximate surface area is 110 Å². The molecule has 0 radical (unpaired) electrons. The smallest absolute Gasteiger partial charge is 0.119 e. The summed E-state index contributed by atoms with van der Waals surface area (Å²) < 4.78 is 5.25. The molecule has 1 aliphatic rings. The van der Waals surface area contributed by atoms with Crippen LogP contribution in [0.4, 0.5) is 0 Å². The third kappa shape index (κ3) is 3.24. The van der Waals surface area contributed by atoms with Crippen LogP contribution in [0.1, 0.15) is 38.7 Å². The van der Waals surface area contributed by atoms with Gasteiger partial charge >= 0.3 is 0 Å². The van der Waals surface area contributed by atoms with Crippen molar-refractivity contribution in [3.8, 4) is 5.75 Å². The van der Waals surface area contributed by atoms with Crippen molar-refractivity contribution in [3.05, 3.63) is 29.8 Å². The Bertz CT molecular complexity index is 371. The zero-order valence-corrected chi connectivity index (χ0v) is 11.6. The summed E-state index contributed by atoms with van der Waals surface area (Å²) in [4.78, 5) is 0. The van der Waals surface area contributed by atoms with E-state index in [1.165, 1.54) is 24.8 Å². The van der Waals surface area contributed by atoms with Crippen LogP contribution in [-0.4, -0.2) is 24.2 Å². The van der Waals surface area contributed by atoms with Crippen LogP contribution in [0.5, 0.6) is 5.75 Å². The first kappa shape index (κ1) is 13.4. The van der Waals surface area contributed by atoms with Gasteiger partial charge in [0.1, 0.15) is 5.75 Å². The van der Waals surface area contributed by atoms with Crippen LogP contribution < -0.4 is 10.2 Å². The van der Waals surface area contributed by atoms with Gasteiger partial charge in [0.2, 0.25) is 0 Å². The normalized spacial score (nSPS) is 25.1. The van der Waals surface area contributed by atoms with E-state index in [2.05, 4.69) is 36.4 Å². The topological polar surface area (TPSA) is 24.5 Å². The molecule has 18 heavy (non-hydrogen) atoms. The first-order valence-corrected chi connectivity index (χ1v) is 6.85. The molecule has 0 saturated carbocycles. The van der Waals surface area contributed by atoms with Gasteiger partial charge in [-0.15, -0.1) is 0 Å². The highest BCUT2D eigenvalue weighted by Gasteiger charge is 2.23. The van der Waals surface area contributed by atoms with Gasteiger partial charge in [-0.2, -0.15) is 0 Å². The van der Waals surface area contributed by atoms with Gasteiger partial charge < -0.3 is 4.74 Å². The molecule has 1 aliphatic heterocycles. The monoisotopic (exact) mass is 248 g/mol.